The predicted molar refractivity (Wildman–Crippen MR) is 154 cm³/mol. The van der Waals surface area contributed by atoms with Crippen LogP contribution in [-0.4, -0.2) is 44.3 Å². The molecular weight excluding hydrogens is 590 g/mol. The molecule has 0 bridgehead atoms. The quantitative estimate of drug-likeness (QED) is 0.307. The van der Waals surface area contributed by atoms with Gasteiger partial charge < -0.3 is 10.2 Å². The van der Waals surface area contributed by atoms with E-state index in [4.69, 9.17) is 11.6 Å². The Labute approximate surface area is 238 Å². The summed E-state index contributed by atoms with van der Waals surface area (Å²) in [6, 6.07) is 20.8. The molecule has 3 aromatic rings. The highest BCUT2D eigenvalue weighted by Crippen LogP contribution is 2.25. The van der Waals surface area contributed by atoms with Crippen LogP contribution in [-0.2, 0) is 26.2 Å². The number of para-hydroxylation sites is 1. The molecule has 0 aliphatic carbocycles. The second-order valence-corrected chi connectivity index (χ2v) is 12.5. The number of carbonyl (C=O) groups is 2. The largest absolute Gasteiger partial charge is 0.354 e. The summed E-state index contributed by atoms with van der Waals surface area (Å²) in [5.74, 6) is -0.592. The van der Waals surface area contributed by atoms with E-state index in [9.17, 15) is 18.0 Å². The monoisotopic (exact) mass is 619 g/mol. The van der Waals surface area contributed by atoms with Gasteiger partial charge in [-0.1, -0.05) is 71.7 Å². The summed E-state index contributed by atoms with van der Waals surface area (Å²) in [6.07, 6.45) is 0. The molecule has 202 valence electrons. The molecule has 3 rings (SSSR count). The number of nitrogens with zero attached hydrogens (tertiary/aromatic N) is 2. The molecule has 0 aliphatic heterocycles. The van der Waals surface area contributed by atoms with Crippen LogP contribution in [0.3, 0.4) is 0 Å². The van der Waals surface area contributed by atoms with E-state index in [1.54, 1.807) is 37.3 Å². The van der Waals surface area contributed by atoms with Gasteiger partial charge in [0.25, 0.3) is 10.0 Å². The summed E-state index contributed by atoms with van der Waals surface area (Å²) in [4.78, 5) is 28.2. The first-order valence-electron chi connectivity index (χ1n) is 12.1. The van der Waals surface area contributed by atoms with Crippen LogP contribution < -0.4 is 9.62 Å². The number of anilines is 1. The van der Waals surface area contributed by atoms with Crippen LogP contribution in [0, 0.1) is 5.92 Å². The Bertz CT molecular complexity index is 1350. The fourth-order valence-electron chi connectivity index (χ4n) is 3.72. The molecule has 7 nitrogen and oxygen atoms in total. The molecule has 0 saturated carbocycles. The van der Waals surface area contributed by atoms with Crippen LogP contribution in [0.2, 0.25) is 5.02 Å². The van der Waals surface area contributed by atoms with Crippen molar-refractivity contribution in [2.75, 3.05) is 17.4 Å². The summed E-state index contributed by atoms with van der Waals surface area (Å²) in [7, 11) is -4.13. The Kier molecular flexibility index (Phi) is 10.4. The van der Waals surface area contributed by atoms with Gasteiger partial charge in [-0.05, 0) is 66.9 Å². The van der Waals surface area contributed by atoms with Gasteiger partial charge in [0.05, 0.1) is 10.6 Å². The van der Waals surface area contributed by atoms with Gasteiger partial charge in [-0.15, -0.1) is 0 Å². The van der Waals surface area contributed by atoms with E-state index in [1.165, 1.54) is 29.2 Å². The predicted octanol–water partition coefficient (Wildman–Crippen LogP) is 5.49. The first kappa shape index (κ1) is 29.7. The highest BCUT2D eigenvalue weighted by Gasteiger charge is 2.32. The van der Waals surface area contributed by atoms with Crippen LogP contribution in [0.1, 0.15) is 26.3 Å². The molecule has 2 amide bonds. The number of sulfonamides is 1. The molecule has 10 heteroatoms. The van der Waals surface area contributed by atoms with E-state index in [0.29, 0.717) is 17.3 Å². The summed E-state index contributed by atoms with van der Waals surface area (Å²) >= 11 is 9.42. The SMILES string of the molecule is CC(C)CNC(=O)[C@@H](C)N(Cc1cccc(Br)c1)C(=O)CN(c1ccccc1)S(=O)(=O)c1ccc(Cl)cc1. The maximum absolute atomic E-state index is 13.8. The minimum atomic E-state index is -4.13. The molecule has 38 heavy (non-hydrogen) atoms. The van der Waals surface area contributed by atoms with E-state index >= 15 is 0 Å². The number of hydrogen-bond donors (Lipinski definition) is 1. The van der Waals surface area contributed by atoms with E-state index < -0.39 is 28.5 Å². The van der Waals surface area contributed by atoms with Crippen LogP contribution in [0.4, 0.5) is 5.69 Å². The van der Waals surface area contributed by atoms with Crippen molar-refractivity contribution in [1.82, 2.24) is 10.2 Å². The topological polar surface area (TPSA) is 86.8 Å². The molecule has 0 radical (unpaired) electrons. The Morgan fingerprint density at radius 1 is 0.947 bits per heavy atom. The summed E-state index contributed by atoms with van der Waals surface area (Å²) < 4.78 is 29.3. The number of amides is 2. The molecule has 0 spiro atoms. The van der Waals surface area contributed by atoms with Gasteiger partial charge in [-0.2, -0.15) is 0 Å². The number of rotatable bonds is 11. The fourth-order valence-corrected chi connectivity index (χ4v) is 5.71. The Morgan fingerprint density at radius 2 is 1.61 bits per heavy atom. The van der Waals surface area contributed by atoms with Crippen LogP contribution in [0.5, 0.6) is 0 Å². The molecule has 0 fully saturated rings. The molecular formula is C28H31BrClN3O4S. The first-order chi connectivity index (χ1) is 18.0. The summed E-state index contributed by atoms with van der Waals surface area (Å²) in [6.45, 7) is 5.70. The molecule has 1 N–H and O–H groups in total. The first-order valence-corrected chi connectivity index (χ1v) is 14.7. The van der Waals surface area contributed by atoms with E-state index in [1.807, 2.05) is 38.1 Å². The number of nitrogens with one attached hydrogen (secondary N) is 1. The maximum Gasteiger partial charge on any atom is 0.264 e. The smallest absolute Gasteiger partial charge is 0.264 e. The van der Waals surface area contributed by atoms with Crippen LogP contribution in [0.15, 0.2) is 88.2 Å². The number of hydrogen-bond acceptors (Lipinski definition) is 4. The third-order valence-electron chi connectivity index (χ3n) is 5.82. The molecule has 0 unspecified atom stereocenters. The van der Waals surface area contributed by atoms with Gasteiger partial charge in [0.15, 0.2) is 0 Å². The van der Waals surface area contributed by atoms with Gasteiger partial charge in [-0.25, -0.2) is 8.42 Å². The minimum Gasteiger partial charge on any atom is -0.354 e. The van der Waals surface area contributed by atoms with Crippen molar-refractivity contribution in [2.24, 2.45) is 5.92 Å². The molecule has 0 heterocycles. The van der Waals surface area contributed by atoms with Crippen molar-refractivity contribution < 1.29 is 18.0 Å². The van der Waals surface area contributed by atoms with E-state index in [-0.39, 0.29) is 23.3 Å². The summed E-state index contributed by atoms with van der Waals surface area (Å²) in [5.41, 5.74) is 1.12. The molecule has 0 saturated heterocycles. The standard InChI is InChI=1S/C28H31BrClN3O4S/c1-20(2)17-31-28(35)21(3)32(18-22-8-7-9-23(29)16-22)27(34)19-33(25-10-5-4-6-11-25)38(36,37)26-14-12-24(30)13-15-26/h4-16,20-21H,17-19H2,1-3H3,(H,31,35)/t21-/m1/s1. The molecule has 0 aliphatic rings. The third-order valence-corrected chi connectivity index (χ3v) is 8.35. The fraction of sp³-hybridized carbons (Fsp3) is 0.286. The van der Waals surface area contributed by atoms with Crippen molar-refractivity contribution in [3.8, 4) is 0 Å². The lowest BCUT2D eigenvalue weighted by atomic mass is 10.1. The normalized spacial score (nSPS) is 12.2. The molecule has 3 aromatic carbocycles. The zero-order valence-corrected chi connectivity index (χ0v) is 24.6. The minimum absolute atomic E-state index is 0.000169. The van der Waals surface area contributed by atoms with Crippen molar-refractivity contribution in [3.63, 3.8) is 0 Å². The molecule has 1 atom stereocenters. The lowest BCUT2D eigenvalue weighted by Gasteiger charge is -2.32. The highest BCUT2D eigenvalue weighted by atomic mass is 79.9. The highest BCUT2D eigenvalue weighted by molar-refractivity contribution is 9.10. The lowest BCUT2D eigenvalue weighted by molar-refractivity contribution is -0.139. The Morgan fingerprint density at radius 3 is 2.21 bits per heavy atom. The van der Waals surface area contributed by atoms with Crippen molar-refractivity contribution in [1.29, 1.82) is 0 Å². The number of halogens is 2. The maximum atomic E-state index is 13.8. The van der Waals surface area contributed by atoms with Crippen molar-refractivity contribution in [3.05, 3.63) is 93.9 Å². The third kappa shape index (κ3) is 7.82. The second kappa shape index (κ2) is 13.3. The zero-order valence-electron chi connectivity index (χ0n) is 21.5. The Balaban J connectivity index is 1.98. The average Bonchev–Trinajstić information content (AvgIpc) is 2.89. The zero-order chi connectivity index (χ0) is 27.9. The van der Waals surface area contributed by atoms with Gasteiger partial charge in [0.2, 0.25) is 11.8 Å². The number of carbonyl (C=O) groups excluding carboxylic acids is 2. The second-order valence-electron chi connectivity index (χ2n) is 9.27. The lowest BCUT2D eigenvalue weighted by Crippen LogP contribution is -2.51. The average molecular weight is 621 g/mol. The van der Waals surface area contributed by atoms with Gasteiger partial charge >= 0.3 is 0 Å². The van der Waals surface area contributed by atoms with Gasteiger partial charge in [0, 0.05) is 22.6 Å². The van der Waals surface area contributed by atoms with Crippen molar-refractivity contribution >= 4 is 55.1 Å². The number of benzene rings is 3. The molecule has 0 aromatic heterocycles. The van der Waals surface area contributed by atoms with E-state index in [2.05, 4.69) is 21.2 Å². The van der Waals surface area contributed by atoms with Crippen LogP contribution >= 0.6 is 27.5 Å². The summed E-state index contributed by atoms with van der Waals surface area (Å²) in [5, 5.41) is 3.27. The van der Waals surface area contributed by atoms with Gasteiger partial charge in [0.1, 0.15) is 12.6 Å². The van der Waals surface area contributed by atoms with Gasteiger partial charge in [-0.3, -0.25) is 13.9 Å². The van der Waals surface area contributed by atoms with Crippen LogP contribution in [0.25, 0.3) is 0 Å². The van der Waals surface area contributed by atoms with Crippen molar-refractivity contribution in [2.45, 2.75) is 38.3 Å². The van der Waals surface area contributed by atoms with E-state index in [0.717, 1.165) is 14.3 Å². The Hall–Kier alpha value is -2.88.